The summed E-state index contributed by atoms with van der Waals surface area (Å²) >= 11 is 0. The quantitative estimate of drug-likeness (QED) is 0.830. The first-order valence-electron chi connectivity index (χ1n) is 7.33. The van der Waals surface area contributed by atoms with Crippen LogP contribution in [0, 0.1) is 0 Å². The smallest absolute Gasteiger partial charge is 0.253 e. The Bertz CT molecular complexity index is 392. The van der Waals surface area contributed by atoms with Gasteiger partial charge in [0.25, 0.3) is 5.91 Å². The van der Waals surface area contributed by atoms with Crippen LogP contribution in [0.3, 0.4) is 0 Å². The average molecular weight is 261 g/mol. The first-order valence-corrected chi connectivity index (χ1v) is 7.33. The van der Waals surface area contributed by atoms with Gasteiger partial charge in [-0.15, -0.1) is 0 Å². The number of rotatable bonds is 4. The summed E-state index contributed by atoms with van der Waals surface area (Å²) in [6.45, 7) is 4.59. The highest BCUT2D eigenvalue weighted by molar-refractivity contribution is 5.94. The van der Waals surface area contributed by atoms with Gasteiger partial charge in [0.2, 0.25) is 0 Å². The highest BCUT2D eigenvalue weighted by atomic mass is 16.5. The molecule has 1 heterocycles. The van der Waals surface area contributed by atoms with E-state index in [1.165, 1.54) is 12.8 Å². The molecule has 1 aliphatic heterocycles. The maximum Gasteiger partial charge on any atom is 0.253 e. The molecular weight excluding hydrogens is 238 g/mol. The lowest BCUT2D eigenvalue weighted by molar-refractivity contribution is 0.0761. The van der Waals surface area contributed by atoms with E-state index in [0.29, 0.717) is 0 Å². The molecule has 2 rings (SSSR count). The number of ether oxygens (including phenoxy) is 1. The van der Waals surface area contributed by atoms with Gasteiger partial charge in [-0.3, -0.25) is 4.79 Å². The number of hydrogen-bond acceptors (Lipinski definition) is 2. The lowest BCUT2D eigenvalue weighted by Crippen LogP contribution is -2.31. The summed E-state index contributed by atoms with van der Waals surface area (Å²) in [5.41, 5.74) is 0.769. The fourth-order valence-electron chi connectivity index (χ4n) is 2.37. The van der Waals surface area contributed by atoms with Crippen molar-refractivity contribution in [3.8, 4) is 5.75 Å². The van der Waals surface area contributed by atoms with Gasteiger partial charge >= 0.3 is 0 Å². The number of amides is 1. The van der Waals surface area contributed by atoms with E-state index in [1.807, 2.05) is 29.2 Å². The van der Waals surface area contributed by atoms with Gasteiger partial charge in [0.05, 0.1) is 6.61 Å². The molecule has 1 fully saturated rings. The van der Waals surface area contributed by atoms with Gasteiger partial charge in [0, 0.05) is 18.7 Å². The number of hydrogen-bond donors (Lipinski definition) is 0. The third kappa shape index (κ3) is 3.98. The van der Waals surface area contributed by atoms with Crippen LogP contribution in [-0.4, -0.2) is 30.5 Å². The summed E-state index contributed by atoms with van der Waals surface area (Å²) in [7, 11) is 0. The Hall–Kier alpha value is -1.51. The minimum absolute atomic E-state index is 0.156. The molecule has 0 radical (unpaired) electrons. The van der Waals surface area contributed by atoms with Crippen LogP contribution in [0.25, 0.3) is 0 Å². The van der Waals surface area contributed by atoms with Crippen molar-refractivity contribution in [1.82, 2.24) is 4.90 Å². The van der Waals surface area contributed by atoms with Crippen LogP contribution in [0.1, 0.15) is 49.4 Å². The molecule has 1 aromatic carbocycles. The van der Waals surface area contributed by atoms with Gasteiger partial charge in [-0.25, -0.2) is 0 Å². The zero-order valence-corrected chi connectivity index (χ0v) is 11.7. The van der Waals surface area contributed by atoms with Crippen molar-refractivity contribution in [2.75, 3.05) is 19.7 Å². The lowest BCUT2D eigenvalue weighted by atomic mass is 10.2. The van der Waals surface area contributed by atoms with Gasteiger partial charge < -0.3 is 9.64 Å². The standard InChI is InChI=1S/C16H23NO2/c1-2-13-19-15-9-7-14(8-10-15)16(18)17-11-5-3-4-6-12-17/h7-10H,2-6,11-13H2,1H3. The SMILES string of the molecule is CCCOc1ccc(C(=O)N2CCCCCC2)cc1. The summed E-state index contributed by atoms with van der Waals surface area (Å²) < 4.78 is 5.53. The molecule has 104 valence electrons. The van der Waals surface area contributed by atoms with E-state index in [2.05, 4.69) is 6.92 Å². The van der Waals surface area contributed by atoms with E-state index in [9.17, 15) is 4.79 Å². The van der Waals surface area contributed by atoms with Crippen molar-refractivity contribution in [3.63, 3.8) is 0 Å². The number of carbonyl (C=O) groups is 1. The number of benzene rings is 1. The van der Waals surface area contributed by atoms with E-state index < -0.39 is 0 Å². The molecule has 1 aromatic rings. The molecule has 19 heavy (non-hydrogen) atoms. The first kappa shape index (κ1) is 13.9. The second kappa shape index (κ2) is 7.17. The largest absolute Gasteiger partial charge is 0.494 e. The zero-order chi connectivity index (χ0) is 13.5. The van der Waals surface area contributed by atoms with Crippen LogP contribution in [0.5, 0.6) is 5.75 Å². The van der Waals surface area contributed by atoms with Crippen LogP contribution < -0.4 is 4.74 Å². The number of likely N-dealkylation sites (tertiary alicyclic amines) is 1. The van der Waals surface area contributed by atoms with Crippen molar-refractivity contribution >= 4 is 5.91 Å². The summed E-state index contributed by atoms with van der Waals surface area (Å²) in [6, 6.07) is 7.53. The molecule has 3 heteroatoms. The molecule has 0 saturated carbocycles. The molecule has 1 aliphatic rings. The monoisotopic (exact) mass is 261 g/mol. The molecular formula is C16H23NO2. The molecule has 0 spiro atoms. The van der Waals surface area contributed by atoms with Crippen LogP contribution >= 0.6 is 0 Å². The Kier molecular flexibility index (Phi) is 5.25. The minimum Gasteiger partial charge on any atom is -0.494 e. The van der Waals surface area contributed by atoms with Gasteiger partial charge in [-0.1, -0.05) is 19.8 Å². The van der Waals surface area contributed by atoms with E-state index in [-0.39, 0.29) is 5.91 Å². The van der Waals surface area contributed by atoms with Crippen molar-refractivity contribution in [2.45, 2.75) is 39.0 Å². The van der Waals surface area contributed by atoms with Crippen LogP contribution in [-0.2, 0) is 0 Å². The van der Waals surface area contributed by atoms with E-state index >= 15 is 0 Å². The van der Waals surface area contributed by atoms with Gasteiger partial charge in [0.1, 0.15) is 5.75 Å². The first-order chi connectivity index (χ1) is 9.31. The predicted molar refractivity (Wildman–Crippen MR) is 76.6 cm³/mol. The second-order valence-corrected chi connectivity index (χ2v) is 5.08. The zero-order valence-electron chi connectivity index (χ0n) is 11.7. The van der Waals surface area contributed by atoms with E-state index in [1.54, 1.807) is 0 Å². The van der Waals surface area contributed by atoms with Crippen LogP contribution in [0.4, 0.5) is 0 Å². The van der Waals surface area contributed by atoms with E-state index in [0.717, 1.165) is 50.3 Å². The molecule has 1 saturated heterocycles. The fourth-order valence-corrected chi connectivity index (χ4v) is 2.37. The third-order valence-corrected chi connectivity index (χ3v) is 3.47. The Morgan fingerprint density at radius 3 is 2.32 bits per heavy atom. The maximum absolute atomic E-state index is 12.4. The average Bonchev–Trinajstić information content (AvgIpc) is 2.74. The summed E-state index contributed by atoms with van der Waals surface area (Å²) in [6.07, 6.45) is 5.74. The maximum atomic E-state index is 12.4. The molecule has 0 atom stereocenters. The molecule has 3 nitrogen and oxygen atoms in total. The minimum atomic E-state index is 0.156. The van der Waals surface area contributed by atoms with Crippen molar-refractivity contribution < 1.29 is 9.53 Å². The molecule has 0 unspecified atom stereocenters. The number of nitrogens with zero attached hydrogens (tertiary/aromatic N) is 1. The third-order valence-electron chi connectivity index (χ3n) is 3.47. The Morgan fingerprint density at radius 1 is 1.11 bits per heavy atom. The van der Waals surface area contributed by atoms with Gasteiger partial charge in [-0.2, -0.15) is 0 Å². The van der Waals surface area contributed by atoms with Gasteiger partial charge in [-0.05, 0) is 43.5 Å². The van der Waals surface area contributed by atoms with Crippen molar-refractivity contribution in [2.24, 2.45) is 0 Å². The normalized spacial score (nSPS) is 15.9. The lowest BCUT2D eigenvalue weighted by Gasteiger charge is -2.20. The Balaban J connectivity index is 1.98. The molecule has 0 bridgehead atoms. The fraction of sp³-hybridized carbons (Fsp3) is 0.562. The topological polar surface area (TPSA) is 29.5 Å². The van der Waals surface area contributed by atoms with Crippen LogP contribution in [0.2, 0.25) is 0 Å². The molecule has 0 aromatic heterocycles. The molecule has 0 aliphatic carbocycles. The molecule has 0 N–H and O–H groups in total. The predicted octanol–water partition coefficient (Wildman–Crippen LogP) is 3.49. The highest BCUT2D eigenvalue weighted by Gasteiger charge is 2.16. The Labute approximate surface area is 115 Å². The summed E-state index contributed by atoms with van der Waals surface area (Å²) in [5, 5.41) is 0. The Morgan fingerprint density at radius 2 is 1.74 bits per heavy atom. The second-order valence-electron chi connectivity index (χ2n) is 5.08. The van der Waals surface area contributed by atoms with E-state index in [4.69, 9.17) is 4.74 Å². The summed E-state index contributed by atoms with van der Waals surface area (Å²) in [4.78, 5) is 14.3. The number of carbonyl (C=O) groups excluding carboxylic acids is 1. The van der Waals surface area contributed by atoms with Crippen molar-refractivity contribution in [3.05, 3.63) is 29.8 Å². The highest BCUT2D eigenvalue weighted by Crippen LogP contribution is 2.16. The molecule has 1 amide bonds. The van der Waals surface area contributed by atoms with Crippen molar-refractivity contribution in [1.29, 1.82) is 0 Å². The van der Waals surface area contributed by atoms with Crippen LogP contribution in [0.15, 0.2) is 24.3 Å². The summed E-state index contributed by atoms with van der Waals surface area (Å²) in [5.74, 6) is 0.998. The van der Waals surface area contributed by atoms with Gasteiger partial charge in [0.15, 0.2) is 0 Å².